The van der Waals surface area contributed by atoms with Crippen molar-refractivity contribution in [3.05, 3.63) is 66.2 Å². The fourth-order valence-corrected chi connectivity index (χ4v) is 3.95. The number of fused-ring (bicyclic) bond motifs is 3. The molecule has 5 rings (SSSR count). The van der Waals surface area contributed by atoms with Crippen LogP contribution in [-0.2, 0) is 9.31 Å². The third-order valence-electron chi connectivity index (χ3n) is 6.39. The third kappa shape index (κ3) is 2.76. The maximum absolute atomic E-state index is 9.60. The van der Waals surface area contributed by atoms with E-state index in [-0.39, 0.29) is 11.2 Å². The largest absolute Gasteiger partial charge is 0.494 e. The Morgan fingerprint density at radius 2 is 1.50 bits per heavy atom. The number of benzene rings is 3. The predicted octanol–water partition coefficient (Wildman–Crippen LogP) is 5.42. The number of hydrogen-bond donors (Lipinski definition) is 0. The highest BCUT2D eigenvalue weighted by molar-refractivity contribution is 6.62. The lowest BCUT2D eigenvalue weighted by Gasteiger charge is -2.32. The fourth-order valence-electron chi connectivity index (χ4n) is 3.95. The zero-order chi connectivity index (χ0) is 21.1. The molecule has 30 heavy (non-hydrogen) atoms. The minimum atomic E-state index is -0.392. The summed E-state index contributed by atoms with van der Waals surface area (Å²) < 4.78 is 18.5. The summed E-state index contributed by atoms with van der Waals surface area (Å²) >= 11 is 0. The van der Waals surface area contributed by atoms with Crippen molar-refractivity contribution < 1.29 is 13.7 Å². The zero-order valence-corrected chi connectivity index (χ0v) is 17.5. The van der Waals surface area contributed by atoms with Gasteiger partial charge in [-0.05, 0) is 56.9 Å². The molecule has 4 aromatic rings. The van der Waals surface area contributed by atoms with Gasteiger partial charge < -0.3 is 13.7 Å². The monoisotopic (exact) mass is 395 g/mol. The fraction of sp³-hybridized carbons (Fsp3) is 0.240. The van der Waals surface area contributed by atoms with Crippen LogP contribution in [-0.4, -0.2) is 18.3 Å². The summed E-state index contributed by atoms with van der Waals surface area (Å²) in [6.45, 7) is 8.21. The van der Waals surface area contributed by atoms with Gasteiger partial charge in [0, 0.05) is 16.3 Å². The lowest BCUT2D eigenvalue weighted by Crippen LogP contribution is -2.41. The molecule has 0 bridgehead atoms. The van der Waals surface area contributed by atoms with Crippen molar-refractivity contribution >= 4 is 34.5 Å². The molecule has 0 amide bonds. The van der Waals surface area contributed by atoms with Crippen LogP contribution in [0.25, 0.3) is 33.1 Å². The Bertz CT molecular complexity index is 1300. The molecule has 0 saturated carbocycles. The summed E-state index contributed by atoms with van der Waals surface area (Å²) in [6, 6.07) is 22.1. The van der Waals surface area contributed by atoms with Crippen molar-refractivity contribution in [2.75, 3.05) is 0 Å². The van der Waals surface area contributed by atoms with E-state index in [0.29, 0.717) is 5.56 Å². The molecule has 1 fully saturated rings. The van der Waals surface area contributed by atoms with Crippen LogP contribution in [0.5, 0.6) is 0 Å². The standard InChI is InChI=1S/C25H22BNO3/c1-24(2)25(3,4)30-26(29-24)18-12-9-16(10-13-18)19-14-11-17(15-27)22-20-7-5-6-8-21(20)28-23(19)22/h5-14H,1-4H3. The van der Waals surface area contributed by atoms with Gasteiger partial charge in [-0.1, -0.05) is 42.5 Å². The summed E-state index contributed by atoms with van der Waals surface area (Å²) in [5.41, 5.74) is 4.35. The van der Waals surface area contributed by atoms with Crippen molar-refractivity contribution in [2.45, 2.75) is 38.9 Å². The van der Waals surface area contributed by atoms with Crippen LogP contribution in [0.2, 0.25) is 0 Å². The molecule has 0 radical (unpaired) electrons. The molecule has 1 aromatic heterocycles. The van der Waals surface area contributed by atoms with Gasteiger partial charge in [-0.2, -0.15) is 5.26 Å². The molecule has 4 nitrogen and oxygen atoms in total. The number of nitriles is 1. The molecule has 3 aromatic carbocycles. The van der Waals surface area contributed by atoms with Crippen LogP contribution in [0.1, 0.15) is 33.3 Å². The maximum atomic E-state index is 9.60. The first-order valence-electron chi connectivity index (χ1n) is 10.1. The number of rotatable bonds is 2. The van der Waals surface area contributed by atoms with Crippen molar-refractivity contribution in [1.82, 2.24) is 0 Å². The topological polar surface area (TPSA) is 55.4 Å². The Kier molecular flexibility index (Phi) is 4.08. The van der Waals surface area contributed by atoms with Gasteiger partial charge >= 0.3 is 7.12 Å². The summed E-state index contributed by atoms with van der Waals surface area (Å²) in [4.78, 5) is 0. The second kappa shape index (κ2) is 6.47. The number of hydrogen-bond acceptors (Lipinski definition) is 4. The molecule has 1 saturated heterocycles. The van der Waals surface area contributed by atoms with Crippen LogP contribution in [0.3, 0.4) is 0 Å². The molecule has 1 aliphatic heterocycles. The van der Waals surface area contributed by atoms with Crippen molar-refractivity contribution in [2.24, 2.45) is 0 Å². The SMILES string of the molecule is CC1(C)OB(c2ccc(-c3ccc(C#N)c4c3oc3ccccc34)cc2)OC1(C)C. The average molecular weight is 395 g/mol. The Morgan fingerprint density at radius 3 is 2.17 bits per heavy atom. The van der Waals surface area contributed by atoms with Gasteiger partial charge in [-0.3, -0.25) is 0 Å². The molecule has 0 atom stereocenters. The van der Waals surface area contributed by atoms with E-state index in [0.717, 1.165) is 38.5 Å². The summed E-state index contributed by atoms with van der Waals surface area (Å²) in [5.74, 6) is 0. The molecule has 5 heteroatoms. The lowest BCUT2D eigenvalue weighted by atomic mass is 9.78. The second-order valence-electron chi connectivity index (χ2n) is 8.79. The van der Waals surface area contributed by atoms with Crippen LogP contribution >= 0.6 is 0 Å². The van der Waals surface area contributed by atoms with E-state index in [1.165, 1.54) is 0 Å². The van der Waals surface area contributed by atoms with E-state index >= 15 is 0 Å². The molecule has 148 valence electrons. The van der Waals surface area contributed by atoms with Gasteiger partial charge in [0.05, 0.1) is 22.8 Å². The van der Waals surface area contributed by atoms with Crippen molar-refractivity contribution in [3.63, 3.8) is 0 Å². The van der Waals surface area contributed by atoms with Gasteiger partial charge in [0.1, 0.15) is 11.2 Å². The van der Waals surface area contributed by atoms with E-state index in [1.807, 2.05) is 60.7 Å². The van der Waals surface area contributed by atoms with Gasteiger partial charge in [0.15, 0.2) is 0 Å². The van der Waals surface area contributed by atoms with Crippen molar-refractivity contribution in [3.8, 4) is 17.2 Å². The Balaban J connectivity index is 1.58. The molecule has 0 spiro atoms. The summed E-state index contributed by atoms with van der Waals surface area (Å²) in [7, 11) is -0.392. The first-order chi connectivity index (χ1) is 14.3. The quantitative estimate of drug-likeness (QED) is 0.425. The molecule has 0 unspecified atom stereocenters. The Labute approximate surface area is 176 Å². The molecule has 0 aliphatic carbocycles. The van der Waals surface area contributed by atoms with Crippen LogP contribution in [0, 0.1) is 11.3 Å². The maximum Gasteiger partial charge on any atom is 0.494 e. The third-order valence-corrected chi connectivity index (χ3v) is 6.39. The Morgan fingerprint density at radius 1 is 0.833 bits per heavy atom. The first-order valence-corrected chi connectivity index (χ1v) is 10.1. The van der Waals surface area contributed by atoms with Gasteiger partial charge in [-0.25, -0.2) is 0 Å². The predicted molar refractivity (Wildman–Crippen MR) is 120 cm³/mol. The molecule has 2 heterocycles. The highest BCUT2D eigenvalue weighted by Gasteiger charge is 2.51. The van der Waals surface area contributed by atoms with Gasteiger partial charge in [0.25, 0.3) is 0 Å². The molecule has 0 N–H and O–H groups in total. The highest BCUT2D eigenvalue weighted by Crippen LogP contribution is 2.38. The minimum absolute atomic E-state index is 0.371. The smallest absolute Gasteiger partial charge is 0.455 e. The van der Waals surface area contributed by atoms with E-state index in [9.17, 15) is 5.26 Å². The van der Waals surface area contributed by atoms with Crippen LogP contribution in [0.15, 0.2) is 65.1 Å². The van der Waals surface area contributed by atoms with Crippen molar-refractivity contribution in [1.29, 1.82) is 5.26 Å². The highest BCUT2D eigenvalue weighted by atomic mass is 16.7. The number of furan rings is 1. The molecular formula is C25H22BNO3. The molecule has 1 aliphatic rings. The Hall–Kier alpha value is -3.07. The van der Waals surface area contributed by atoms with E-state index in [4.69, 9.17) is 13.7 Å². The summed E-state index contributed by atoms with van der Waals surface area (Å²) in [5, 5.41) is 11.4. The normalized spacial score (nSPS) is 17.5. The lowest BCUT2D eigenvalue weighted by molar-refractivity contribution is 0.00578. The van der Waals surface area contributed by atoms with E-state index in [2.05, 4.69) is 33.8 Å². The second-order valence-corrected chi connectivity index (χ2v) is 8.79. The number of nitrogens with zero attached hydrogens (tertiary/aromatic N) is 1. The van der Waals surface area contributed by atoms with Gasteiger partial charge in [-0.15, -0.1) is 0 Å². The van der Waals surface area contributed by atoms with E-state index in [1.54, 1.807) is 0 Å². The van der Waals surface area contributed by atoms with E-state index < -0.39 is 7.12 Å². The van der Waals surface area contributed by atoms with Crippen LogP contribution < -0.4 is 5.46 Å². The first kappa shape index (κ1) is 18.9. The van der Waals surface area contributed by atoms with Gasteiger partial charge in [0.2, 0.25) is 0 Å². The van der Waals surface area contributed by atoms with Crippen LogP contribution in [0.4, 0.5) is 0 Å². The minimum Gasteiger partial charge on any atom is -0.455 e. The molecular weight excluding hydrogens is 373 g/mol. The average Bonchev–Trinajstić information content (AvgIpc) is 3.21. The summed E-state index contributed by atoms with van der Waals surface area (Å²) in [6.07, 6.45) is 0. The number of para-hydroxylation sites is 1. The zero-order valence-electron chi connectivity index (χ0n) is 17.5.